The number of hydrogen-bond donors (Lipinski definition) is 1. The fourth-order valence-electron chi connectivity index (χ4n) is 1.27. The molecule has 1 atom stereocenters. The quantitative estimate of drug-likeness (QED) is 0.820. The lowest BCUT2D eigenvalue weighted by molar-refractivity contribution is -0.144. The van der Waals surface area contributed by atoms with Gasteiger partial charge in [0.05, 0.1) is 16.7 Å². The van der Waals surface area contributed by atoms with Gasteiger partial charge in [-0.15, -0.1) is 0 Å². The molecule has 1 aromatic rings. The molecule has 0 amide bonds. The Kier molecular flexibility index (Phi) is 6.86. The Bertz CT molecular complexity index is 415. The molecule has 0 saturated carbocycles. The van der Waals surface area contributed by atoms with E-state index in [0.717, 1.165) is 5.56 Å². The van der Waals surface area contributed by atoms with Crippen LogP contribution in [-0.2, 0) is 15.3 Å². The van der Waals surface area contributed by atoms with Crippen molar-refractivity contribution in [1.29, 1.82) is 0 Å². The molecule has 0 aromatic heterocycles. The van der Waals surface area contributed by atoms with Crippen LogP contribution in [0.2, 0.25) is 10.0 Å². The molecule has 0 bridgehead atoms. The third-order valence-electron chi connectivity index (χ3n) is 2.18. The molecule has 6 heteroatoms. The normalized spacial score (nSPS) is 12.2. The highest BCUT2D eigenvalue weighted by Gasteiger charge is 2.14. The molecule has 0 radical (unpaired) electrons. The SMILES string of the molecule is CCOC(=O)C(N)CSCc1cccc(Cl)c1Cl. The molecular formula is C12H15Cl2NO2S. The van der Waals surface area contributed by atoms with Crippen LogP contribution in [0.5, 0.6) is 0 Å². The third kappa shape index (κ3) is 4.69. The summed E-state index contributed by atoms with van der Waals surface area (Å²) in [6.07, 6.45) is 0. The maximum atomic E-state index is 11.3. The molecule has 1 unspecified atom stereocenters. The Morgan fingerprint density at radius 3 is 2.89 bits per heavy atom. The van der Waals surface area contributed by atoms with Crippen LogP contribution < -0.4 is 5.73 Å². The Balaban J connectivity index is 2.42. The molecular weight excluding hydrogens is 293 g/mol. The number of hydrogen-bond acceptors (Lipinski definition) is 4. The fourth-order valence-corrected chi connectivity index (χ4v) is 2.71. The van der Waals surface area contributed by atoms with E-state index in [0.29, 0.717) is 28.2 Å². The Morgan fingerprint density at radius 1 is 1.50 bits per heavy atom. The smallest absolute Gasteiger partial charge is 0.323 e. The van der Waals surface area contributed by atoms with Gasteiger partial charge in [0.25, 0.3) is 0 Å². The Labute approximate surface area is 121 Å². The summed E-state index contributed by atoms with van der Waals surface area (Å²) >= 11 is 13.5. The zero-order valence-electron chi connectivity index (χ0n) is 9.99. The van der Waals surface area contributed by atoms with Gasteiger partial charge in [-0.3, -0.25) is 4.79 Å². The number of benzene rings is 1. The largest absolute Gasteiger partial charge is 0.465 e. The van der Waals surface area contributed by atoms with Crippen LogP contribution in [0.1, 0.15) is 12.5 Å². The van der Waals surface area contributed by atoms with Gasteiger partial charge in [0.1, 0.15) is 6.04 Å². The second-order valence-corrected chi connectivity index (χ2v) is 5.40. The lowest BCUT2D eigenvalue weighted by Crippen LogP contribution is -2.34. The van der Waals surface area contributed by atoms with Crippen molar-refractivity contribution in [3.63, 3.8) is 0 Å². The van der Waals surface area contributed by atoms with Crippen LogP contribution in [0.4, 0.5) is 0 Å². The van der Waals surface area contributed by atoms with Crippen molar-refractivity contribution in [3.8, 4) is 0 Å². The number of carbonyl (C=O) groups excluding carboxylic acids is 1. The van der Waals surface area contributed by atoms with Gasteiger partial charge in [-0.05, 0) is 18.6 Å². The van der Waals surface area contributed by atoms with E-state index in [9.17, 15) is 4.79 Å². The minimum Gasteiger partial charge on any atom is -0.465 e. The summed E-state index contributed by atoms with van der Waals surface area (Å²) in [5.74, 6) is 0.774. The van der Waals surface area contributed by atoms with Crippen molar-refractivity contribution in [2.75, 3.05) is 12.4 Å². The second kappa shape index (κ2) is 7.89. The van der Waals surface area contributed by atoms with Crippen molar-refractivity contribution in [2.45, 2.75) is 18.7 Å². The summed E-state index contributed by atoms with van der Waals surface area (Å²) in [6, 6.07) is 4.88. The molecule has 100 valence electrons. The zero-order valence-corrected chi connectivity index (χ0v) is 12.3. The van der Waals surface area contributed by atoms with E-state index in [-0.39, 0.29) is 5.97 Å². The number of halogens is 2. The molecule has 3 nitrogen and oxygen atoms in total. The van der Waals surface area contributed by atoms with Crippen molar-refractivity contribution < 1.29 is 9.53 Å². The van der Waals surface area contributed by atoms with Crippen molar-refractivity contribution in [1.82, 2.24) is 0 Å². The van der Waals surface area contributed by atoms with Crippen LogP contribution in [0.3, 0.4) is 0 Å². The first-order chi connectivity index (χ1) is 8.56. The minimum atomic E-state index is -0.604. The zero-order chi connectivity index (χ0) is 13.5. The summed E-state index contributed by atoms with van der Waals surface area (Å²) in [5, 5.41) is 1.08. The van der Waals surface area contributed by atoms with Gasteiger partial charge >= 0.3 is 5.97 Å². The van der Waals surface area contributed by atoms with Crippen LogP contribution in [0.25, 0.3) is 0 Å². The molecule has 1 rings (SSSR count). The number of rotatable bonds is 6. The topological polar surface area (TPSA) is 52.3 Å². The van der Waals surface area contributed by atoms with Gasteiger partial charge in [-0.1, -0.05) is 35.3 Å². The minimum absolute atomic E-state index is 0.345. The predicted molar refractivity (Wildman–Crippen MR) is 77.2 cm³/mol. The van der Waals surface area contributed by atoms with Crippen LogP contribution in [-0.4, -0.2) is 24.4 Å². The molecule has 0 aliphatic rings. The molecule has 1 aromatic carbocycles. The van der Waals surface area contributed by atoms with Gasteiger partial charge < -0.3 is 10.5 Å². The molecule has 18 heavy (non-hydrogen) atoms. The van der Waals surface area contributed by atoms with Gasteiger partial charge in [0.2, 0.25) is 0 Å². The Morgan fingerprint density at radius 2 is 2.22 bits per heavy atom. The van der Waals surface area contributed by atoms with Gasteiger partial charge in [0.15, 0.2) is 0 Å². The predicted octanol–water partition coefficient (Wildman–Crippen LogP) is 3.12. The maximum Gasteiger partial charge on any atom is 0.323 e. The van der Waals surface area contributed by atoms with E-state index in [2.05, 4.69) is 0 Å². The lowest BCUT2D eigenvalue weighted by atomic mass is 10.2. The molecule has 2 N–H and O–H groups in total. The summed E-state index contributed by atoms with van der Waals surface area (Å²) in [6.45, 7) is 2.10. The van der Waals surface area contributed by atoms with E-state index in [1.807, 2.05) is 12.1 Å². The molecule has 0 aliphatic carbocycles. The number of esters is 1. The maximum absolute atomic E-state index is 11.3. The first-order valence-electron chi connectivity index (χ1n) is 5.49. The highest BCUT2D eigenvalue weighted by molar-refractivity contribution is 7.98. The highest BCUT2D eigenvalue weighted by Crippen LogP contribution is 2.28. The van der Waals surface area contributed by atoms with Crippen LogP contribution in [0, 0.1) is 0 Å². The van der Waals surface area contributed by atoms with Crippen LogP contribution >= 0.6 is 35.0 Å². The molecule has 0 heterocycles. The van der Waals surface area contributed by atoms with Crippen molar-refractivity contribution in [2.24, 2.45) is 5.73 Å². The summed E-state index contributed by atoms with van der Waals surface area (Å²) < 4.78 is 4.82. The molecule has 0 fully saturated rings. The second-order valence-electron chi connectivity index (χ2n) is 3.59. The van der Waals surface area contributed by atoms with Crippen molar-refractivity contribution in [3.05, 3.63) is 33.8 Å². The molecule has 0 saturated heterocycles. The number of thioether (sulfide) groups is 1. The van der Waals surface area contributed by atoms with E-state index in [4.69, 9.17) is 33.7 Å². The molecule has 0 aliphatic heterocycles. The average molecular weight is 308 g/mol. The molecule has 0 spiro atoms. The van der Waals surface area contributed by atoms with E-state index >= 15 is 0 Å². The average Bonchev–Trinajstić information content (AvgIpc) is 2.34. The van der Waals surface area contributed by atoms with E-state index in [1.54, 1.807) is 13.0 Å². The standard InChI is InChI=1S/C12H15Cl2NO2S/c1-2-17-12(16)10(15)7-18-6-8-4-3-5-9(13)11(8)14/h3-5,10H,2,6-7,15H2,1H3. The monoisotopic (exact) mass is 307 g/mol. The van der Waals surface area contributed by atoms with E-state index < -0.39 is 6.04 Å². The lowest BCUT2D eigenvalue weighted by Gasteiger charge is -2.10. The Hall–Kier alpha value is -0.420. The summed E-state index contributed by atoms with van der Waals surface area (Å²) in [5.41, 5.74) is 6.62. The van der Waals surface area contributed by atoms with Crippen LogP contribution in [0.15, 0.2) is 18.2 Å². The summed E-state index contributed by atoms with van der Waals surface area (Å²) in [4.78, 5) is 11.3. The first kappa shape index (κ1) is 15.6. The van der Waals surface area contributed by atoms with Gasteiger partial charge in [-0.2, -0.15) is 11.8 Å². The first-order valence-corrected chi connectivity index (χ1v) is 7.40. The number of nitrogens with two attached hydrogens (primary N) is 1. The summed E-state index contributed by atoms with van der Waals surface area (Å²) in [7, 11) is 0. The van der Waals surface area contributed by atoms with E-state index in [1.165, 1.54) is 11.8 Å². The fraction of sp³-hybridized carbons (Fsp3) is 0.417. The van der Waals surface area contributed by atoms with Gasteiger partial charge in [0, 0.05) is 11.5 Å². The number of carbonyl (C=O) groups is 1. The third-order valence-corrected chi connectivity index (χ3v) is 4.14. The highest BCUT2D eigenvalue weighted by atomic mass is 35.5. The number of ether oxygens (including phenoxy) is 1. The van der Waals surface area contributed by atoms with Crippen molar-refractivity contribution >= 4 is 40.9 Å². The van der Waals surface area contributed by atoms with Gasteiger partial charge in [-0.25, -0.2) is 0 Å².